The van der Waals surface area contributed by atoms with Crippen LogP contribution in [0.3, 0.4) is 0 Å². The standard InChI is InChI=1S/C39H27Cl3F4N4O5/c1-17-5-10-21(14-27(17)41)49-34(52)23-12-11-22-25(30(23)36(49)54)15-26-35(53)50(48-33-28(42)13-19(16-47-33)39(44,45)46)37(55)38(26,18-6-8-20(40)9-7-18)31(22)24-3-2-4-29(43)32(24)51/h2-11,13-14,16,23,25-26,30-31,51H,12,15H2,1H3,(H,47,48). The van der Waals surface area contributed by atoms with Gasteiger partial charge in [-0.15, -0.1) is 0 Å². The van der Waals surface area contributed by atoms with Crippen molar-refractivity contribution in [2.75, 3.05) is 10.3 Å². The third-order valence-electron chi connectivity index (χ3n) is 11.3. The number of allylic oxidation sites excluding steroid dienone is 2. The number of aromatic nitrogens is 1. The second kappa shape index (κ2) is 13.1. The van der Waals surface area contributed by atoms with E-state index in [1.165, 1.54) is 42.5 Å². The lowest BCUT2D eigenvalue weighted by atomic mass is 9.49. The number of hydrogen-bond donors (Lipinski definition) is 2. The smallest absolute Gasteiger partial charge is 0.417 e. The maximum atomic E-state index is 15.3. The van der Waals surface area contributed by atoms with E-state index in [0.717, 1.165) is 16.5 Å². The second-order valence-corrected chi connectivity index (χ2v) is 15.3. The average Bonchev–Trinajstić information content (AvgIpc) is 3.52. The van der Waals surface area contributed by atoms with Gasteiger partial charge in [-0.1, -0.05) is 76.8 Å². The number of halogens is 7. The van der Waals surface area contributed by atoms with Gasteiger partial charge in [0.25, 0.3) is 11.8 Å². The molecule has 8 rings (SSSR count). The molecule has 2 aliphatic carbocycles. The van der Waals surface area contributed by atoms with E-state index in [9.17, 15) is 32.7 Å². The average molecular weight is 814 g/mol. The van der Waals surface area contributed by atoms with E-state index >= 15 is 9.18 Å². The minimum Gasteiger partial charge on any atom is -0.505 e. The Bertz CT molecular complexity index is 2370. The summed E-state index contributed by atoms with van der Waals surface area (Å²) in [6.07, 6.45) is -2.71. The van der Waals surface area contributed by atoms with Gasteiger partial charge in [0.2, 0.25) is 11.8 Å². The number of amides is 4. The summed E-state index contributed by atoms with van der Waals surface area (Å²) in [5.41, 5.74) is 0.994. The van der Waals surface area contributed by atoms with Gasteiger partial charge in [-0.3, -0.25) is 24.6 Å². The number of nitrogens with zero attached hydrogens (tertiary/aromatic N) is 3. The fraction of sp³-hybridized carbons (Fsp3) is 0.256. The van der Waals surface area contributed by atoms with Crippen LogP contribution in [-0.2, 0) is 30.8 Å². The summed E-state index contributed by atoms with van der Waals surface area (Å²) in [7, 11) is 0. The fourth-order valence-electron chi connectivity index (χ4n) is 8.87. The monoisotopic (exact) mass is 812 g/mol. The molecule has 6 unspecified atom stereocenters. The third kappa shape index (κ3) is 5.53. The predicted molar refractivity (Wildman–Crippen MR) is 194 cm³/mol. The van der Waals surface area contributed by atoms with Crippen molar-refractivity contribution in [3.05, 3.63) is 128 Å². The van der Waals surface area contributed by atoms with Gasteiger partial charge < -0.3 is 5.11 Å². The Kier molecular flexibility index (Phi) is 8.78. The summed E-state index contributed by atoms with van der Waals surface area (Å²) in [6.45, 7) is 1.77. The highest BCUT2D eigenvalue weighted by Gasteiger charge is 2.71. The third-order valence-corrected chi connectivity index (χ3v) is 12.2. The van der Waals surface area contributed by atoms with E-state index in [-0.39, 0.29) is 34.7 Å². The van der Waals surface area contributed by atoms with Gasteiger partial charge in [0, 0.05) is 27.7 Å². The zero-order valence-corrected chi connectivity index (χ0v) is 30.6. The molecule has 0 spiro atoms. The largest absolute Gasteiger partial charge is 0.505 e. The van der Waals surface area contributed by atoms with Gasteiger partial charge in [0.15, 0.2) is 17.4 Å². The summed E-state index contributed by atoms with van der Waals surface area (Å²) in [4.78, 5) is 63.3. The van der Waals surface area contributed by atoms with Crippen LogP contribution in [0.4, 0.5) is 29.1 Å². The first-order valence-electron chi connectivity index (χ1n) is 17.0. The number of aromatic hydroxyl groups is 1. The summed E-state index contributed by atoms with van der Waals surface area (Å²) in [6, 6.07) is 15.2. The molecule has 0 bridgehead atoms. The molecule has 4 aromatic rings. The summed E-state index contributed by atoms with van der Waals surface area (Å²) < 4.78 is 55.7. The number of hydrazine groups is 1. The maximum Gasteiger partial charge on any atom is 0.417 e. The minimum atomic E-state index is -4.79. The molecular formula is C39H27Cl3F4N4O5. The van der Waals surface area contributed by atoms with Crippen molar-refractivity contribution >= 4 is 69.9 Å². The van der Waals surface area contributed by atoms with Crippen LogP contribution < -0.4 is 10.3 Å². The number of anilines is 2. The molecule has 2 saturated heterocycles. The van der Waals surface area contributed by atoms with E-state index < -0.39 is 92.8 Å². The van der Waals surface area contributed by atoms with Crippen molar-refractivity contribution in [3.8, 4) is 5.75 Å². The SMILES string of the molecule is Cc1ccc(N2C(=O)C3CC=C4C(CC5C(=O)N(Nc6ncc(C(F)(F)F)cc6Cl)C(=O)C5(c5ccc(Cl)cc5)C4c4cccc(F)c4O)C3C2=O)cc1Cl. The Balaban J connectivity index is 1.31. The van der Waals surface area contributed by atoms with Crippen molar-refractivity contribution in [1.29, 1.82) is 0 Å². The molecule has 55 heavy (non-hydrogen) atoms. The second-order valence-electron chi connectivity index (χ2n) is 14.0. The van der Waals surface area contributed by atoms with Crippen LogP contribution in [0.1, 0.15) is 41.0 Å². The number of rotatable bonds is 5. The zero-order valence-electron chi connectivity index (χ0n) is 28.4. The quantitative estimate of drug-likeness (QED) is 0.118. The van der Waals surface area contributed by atoms with Gasteiger partial charge in [-0.2, -0.15) is 18.2 Å². The van der Waals surface area contributed by atoms with E-state index in [0.29, 0.717) is 27.9 Å². The molecule has 282 valence electrons. The Hall–Kier alpha value is -4.98. The number of phenolic OH excluding ortho intramolecular Hbond substituents is 1. The summed E-state index contributed by atoms with van der Waals surface area (Å²) in [5, 5.41) is 12.0. The van der Waals surface area contributed by atoms with Crippen molar-refractivity contribution in [3.63, 3.8) is 0 Å². The first-order chi connectivity index (χ1) is 26.0. The number of carbonyl (C=O) groups is 4. The number of imide groups is 2. The molecule has 16 heteroatoms. The molecule has 4 aliphatic rings. The topological polar surface area (TPSA) is 120 Å². The molecule has 2 aliphatic heterocycles. The van der Waals surface area contributed by atoms with Crippen LogP contribution in [0.2, 0.25) is 15.1 Å². The van der Waals surface area contributed by atoms with Gasteiger partial charge in [0.05, 0.1) is 39.4 Å². The van der Waals surface area contributed by atoms with Crippen LogP contribution in [0.25, 0.3) is 0 Å². The first kappa shape index (κ1) is 37.0. The Labute approximate surface area is 325 Å². The summed E-state index contributed by atoms with van der Waals surface area (Å²) >= 11 is 18.9. The normalized spacial score (nSPS) is 26.2. The number of hydrogen-bond acceptors (Lipinski definition) is 7. The van der Waals surface area contributed by atoms with Crippen LogP contribution in [0, 0.1) is 36.4 Å². The molecule has 1 aromatic heterocycles. The number of aryl methyl sites for hydroxylation is 1. The van der Waals surface area contributed by atoms with Gasteiger partial charge in [0.1, 0.15) is 0 Å². The van der Waals surface area contributed by atoms with Crippen LogP contribution in [0.15, 0.2) is 84.6 Å². The highest BCUT2D eigenvalue weighted by molar-refractivity contribution is 6.33. The van der Waals surface area contributed by atoms with E-state index in [4.69, 9.17) is 34.8 Å². The van der Waals surface area contributed by atoms with Crippen molar-refractivity contribution < 1.29 is 41.8 Å². The Morgan fingerprint density at radius 1 is 0.909 bits per heavy atom. The maximum absolute atomic E-state index is 15.3. The highest BCUT2D eigenvalue weighted by atomic mass is 35.5. The van der Waals surface area contributed by atoms with E-state index in [1.54, 1.807) is 25.1 Å². The van der Waals surface area contributed by atoms with Gasteiger partial charge >= 0.3 is 6.18 Å². The summed E-state index contributed by atoms with van der Waals surface area (Å²) in [5.74, 6) is -10.5. The van der Waals surface area contributed by atoms with Crippen molar-refractivity contribution in [1.82, 2.24) is 9.99 Å². The number of nitrogens with one attached hydrogen (secondary N) is 1. The molecule has 3 aromatic carbocycles. The number of alkyl halides is 3. The molecule has 6 atom stereocenters. The molecule has 2 N–H and O–H groups in total. The highest BCUT2D eigenvalue weighted by Crippen LogP contribution is 2.65. The van der Waals surface area contributed by atoms with Crippen molar-refractivity contribution in [2.24, 2.45) is 23.7 Å². The van der Waals surface area contributed by atoms with Gasteiger partial charge in [-0.25, -0.2) is 14.3 Å². The number of phenols is 1. The number of pyridine rings is 1. The molecule has 4 amide bonds. The van der Waals surface area contributed by atoms with E-state index in [2.05, 4.69) is 10.4 Å². The Morgan fingerprint density at radius 2 is 1.64 bits per heavy atom. The van der Waals surface area contributed by atoms with Crippen LogP contribution in [0.5, 0.6) is 5.75 Å². The van der Waals surface area contributed by atoms with E-state index in [1.807, 2.05) is 0 Å². The lowest BCUT2D eigenvalue weighted by Crippen LogP contribution is -2.53. The van der Waals surface area contributed by atoms with Crippen LogP contribution in [-0.4, -0.2) is 38.7 Å². The fourth-order valence-corrected chi connectivity index (χ4v) is 9.38. The van der Waals surface area contributed by atoms with Gasteiger partial charge in [-0.05, 0) is 73.2 Å². The van der Waals surface area contributed by atoms with Crippen LogP contribution >= 0.6 is 34.8 Å². The molecule has 9 nitrogen and oxygen atoms in total. The number of carbonyl (C=O) groups excluding carboxylic acids is 4. The number of para-hydroxylation sites is 1. The number of benzene rings is 3. The molecule has 1 saturated carbocycles. The minimum absolute atomic E-state index is 0.0420. The Morgan fingerprint density at radius 3 is 2.31 bits per heavy atom. The van der Waals surface area contributed by atoms with Crippen molar-refractivity contribution in [2.45, 2.75) is 37.3 Å². The predicted octanol–water partition coefficient (Wildman–Crippen LogP) is 8.40. The number of fused-ring (bicyclic) bond motifs is 4. The molecule has 0 radical (unpaired) electrons. The lowest BCUT2D eigenvalue weighted by molar-refractivity contribution is -0.139. The molecule has 3 heterocycles. The molecule has 3 fully saturated rings. The first-order valence-corrected chi connectivity index (χ1v) is 18.1. The lowest BCUT2D eigenvalue weighted by Gasteiger charge is -2.50. The molecular weight excluding hydrogens is 787 g/mol. The zero-order chi connectivity index (χ0) is 39.3.